The van der Waals surface area contributed by atoms with E-state index in [9.17, 15) is 5.26 Å². The third-order valence-corrected chi connectivity index (χ3v) is 4.13. The monoisotopic (exact) mass is 277 g/mol. The second-order valence-corrected chi connectivity index (χ2v) is 5.65. The minimum absolute atomic E-state index is 0.660. The molecule has 0 spiro atoms. The molecule has 1 aliphatic rings. The first kappa shape index (κ1) is 13.6. The highest BCUT2D eigenvalue weighted by atomic mass is 15.2. The molecule has 3 heteroatoms. The summed E-state index contributed by atoms with van der Waals surface area (Å²) < 4.78 is 0. The Morgan fingerprint density at radius 1 is 1.14 bits per heavy atom. The number of aromatic nitrogens is 1. The van der Waals surface area contributed by atoms with Gasteiger partial charge in [0.05, 0.1) is 5.56 Å². The highest BCUT2D eigenvalue weighted by Gasteiger charge is 2.23. The van der Waals surface area contributed by atoms with Gasteiger partial charge < -0.3 is 4.90 Å². The fraction of sp³-hybridized carbons (Fsp3) is 0.333. The summed E-state index contributed by atoms with van der Waals surface area (Å²) in [5.74, 6) is 1.55. The molecule has 0 aliphatic heterocycles. The van der Waals surface area contributed by atoms with E-state index in [0.717, 1.165) is 24.8 Å². The number of nitriles is 1. The number of hydrogen-bond donors (Lipinski definition) is 0. The quantitative estimate of drug-likeness (QED) is 0.835. The number of benzene rings is 1. The van der Waals surface area contributed by atoms with Gasteiger partial charge in [0.25, 0.3) is 0 Å². The molecule has 3 rings (SSSR count). The van der Waals surface area contributed by atoms with Crippen LogP contribution in [0.3, 0.4) is 0 Å². The van der Waals surface area contributed by atoms with Crippen LogP contribution >= 0.6 is 0 Å². The van der Waals surface area contributed by atoms with Crippen LogP contribution in [0.4, 0.5) is 5.82 Å². The Morgan fingerprint density at radius 2 is 1.95 bits per heavy atom. The van der Waals surface area contributed by atoms with Crippen molar-refractivity contribution in [2.45, 2.75) is 25.8 Å². The lowest BCUT2D eigenvalue weighted by Gasteiger charge is -2.33. The number of nitrogens with zero attached hydrogens (tertiary/aromatic N) is 3. The molecule has 0 unspecified atom stereocenters. The van der Waals surface area contributed by atoms with Gasteiger partial charge in [-0.2, -0.15) is 5.26 Å². The first-order valence-corrected chi connectivity index (χ1v) is 7.51. The first-order valence-electron chi connectivity index (χ1n) is 7.51. The van der Waals surface area contributed by atoms with Crippen LogP contribution < -0.4 is 4.90 Å². The smallest absolute Gasteiger partial charge is 0.146 e. The molecule has 21 heavy (non-hydrogen) atoms. The fourth-order valence-corrected chi connectivity index (χ4v) is 2.75. The highest BCUT2D eigenvalue weighted by molar-refractivity contribution is 5.53. The molecular weight excluding hydrogens is 258 g/mol. The largest absolute Gasteiger partial charge is 0.351 e. The summed E-state index contributed by atoms with van der Waals surface area (Å²) in [6.07, 6.45) is 5.69. The molecule has 2 aromatic rings. The molecule has 0 bridgehead atoms. The molecular formula is C18H19N3. The van der Waals surface area contributed by atoms with Crippen LogP contribution in [-0.4, -0.2) is 11.5 Å². The van der Waals surface area contributed by atoms with Gasteiger partial charge in [-0.25, -0.2) is 4.98 Å². The summed E-state index contributed by atoms with van der Waals surface area (Å²) in [6, 6.07) is 16.3. The molecule has 1 heterocycles. The lowest BCUT2D eigenvalue weighted by atomic mass is 9.85. The van der Waals surface area contributed by atoms with E-state index in [1.807, 2.05) is 18.2 Å². The van der Waals surface area contributed by atoms with Gasteiger partial charge in [-0.05, 0) is 36.5 Å². The molecule has 1 aliphatic carbocycles. The van der Waals surface area contributed by atoms with Gasteiger partial charge >= 0.3 is 0 Å². The Morgan fingerprint density at radius 3 is 2.62 bits per heavy atom. The molecule has 0 N–H and O–H groups in total. The highest BCUT2D eigenvalue weighted by Crippen LogP contribution is 2.30. The van der Waals surface area contributed by atoms with Gasteiger partial charge in [-0.1, -0.05) is 36.8 Å². The number of anilines is 1. The van der Waals surface area contributed by atoms with Gasteiger partial charge in [0.15, 0.2) is 0 Å². The van der Waals surface area contributed by atoms with E-state index in [0.29, 0.717) is 5.56 Å². The molecule has 1 aromatic carbocycles. The van der Waals surface area contributed by atoms with E-state index in [1.165, 1.54) is 24.8 Å². The number of hydrogen-bond acceptors (Lipinski definition) is 3. The molecule has 1 saturated carbocycles. The van der Waals surface area contributed by atoms with Crippen LogP contribution in [0.25, 0.3) is 0 Å². The minimum atomic E-state index is 0.660. The van der Waals surface area contributed by atoms with Crippen LogP contribution in [0.1, 0.15) is 30.4 Å². The fourth-order valence-electron chi connectivity index (χ4n) is 2.75. The zero-order valence-electron chi connectivity index (χ0n) is 12.1. The van der Waals surface area contributed by atoms with Crippen molar-refractivity contribution in [1.82, 2.24) is 4.98 Å². The molecule has 3 nitrogen and oxygen atoms in total. The van der Waals surface area contributed by atoms with Crippen molar-refractivity contribution < 1.29 is 0 Å². The van der Waals surface area contributed by atoms with Crippen molar-refractivity contribution in [3.05, 3.63) is 59.8 Å². The Labute approximate surface area is 125 Å². The first-order chi connectivity index (χ1) is 10.4. The maximum Gasteiger partial charge on any atom is 0.146 e. The molecule has 0 amide bonds. The molecule has 106 valence electrons. The molecule has 1 aromatic heterocycles. The number of rotatable bonds is 5. The Bertz CT molecular complexity index is 626. The van der Waals surface area contributed by atoms with E-state index in [-0.39, 0.29) is 0 Å². The second kappa shape index (κ2) is 6.41. The van der Waals surface area contributed by atoms with Gasteiger partial charge in [-0.15, -0.1) is 0 Å². The van der Waals surface area contributed by atoms with Crippen molar-refractivity contribution in [2.24, 2.45) is 5.92 Å². The average molecular weight is 277 g/mol. The van der Waals surface area contributed by atoms with Gasteiger partial charge in [0.1, 0.15) is 11.9 Å². The van der Waals surface area contributed by atoms with Crippen molar-refractivity contribution in [2.75, 3.05) is 11.4 Å². The summed E-state index contributed by atoms with van der Waals surface area (Å²) in [5, 5.41) is 9.32. The lowest BCUT2D eigenvalue weighted by molar-refractivity contribution is 0.316. The molecule has 0 atom stereocenters. The van der Waals surface area contributed by atoms with Gasteiger partial charge in [0.2, 0.25) is 0 Å². The van der Waals surface area contributed by atoms with E-state index >= 15 is 0 Å². The summed E-state index contributed by atoms with van der Waals surface area (Å²) in [5.41, 5.74) is 1.92. The topological polar surface area (TPSA) is 39.9 Å². The third kappa shape index (κ3) is 3.22. The van der Waals surface area contributed by atoms with E-state index in [4.69, 9.17) is 0 Å². The van der Waals surface area contributed by atoms with Crippen molar-refractivity contribution >= 4 is 5.82 Å². The SMILES string of the molecule is N#Cc1cccnc1N(Cc1ccccc1)CC1CCC1. The zero-order chi connectivity index (χ0) is 14.5. The molecule has 0 saturated heterocycles. The van der Waals surface area contributed by atoms with Crippen LogP contribution in [-0.2, 0) is 6.54 Å². The predicted octanol–water partition coefficient (Wildman–Crippen LogP) is 3.76. The predicted molar refractivity (Wildman–Crippen MR) is 83.8 cm³/mol. The average Bonchev–Trinajstić information content (AvgIpc) is 2.50. The van der Waals surface area contributed by atoms with Gasteiger partial charge in [0, 0.05) is 19.3 Å². The van der Waals surface area contributed by atoms with Crippen LogP contribution in [0, 0.1) is 17.2 Å². The third-order valence-electron chi connectivity index (χ3n) is 4.13. The van der Waals surface area contributed by atoms with Crippen molar-refractivity contribution in [3.63, 3.8) is 0 Å². The second-order valence-electron chi connectivity index (χ2n) is 5.65. The lowest BCUT2D eigenvalue weighted by Crippen LogP contribution is -2.33. The van der Waals surface area contributed by atoms with E-state index in [2.05, 4.69) is 40.2 Å². The molecule has 0 radical (unpaired) electrons. The summed E-state index contributed by atoms with van der Waals surface area (Å²) in [4.78, 5) is 6.72. The number of pyridine rings is 1. The summed E-state index contributed by atoms with van der Waals surface area (Å²) >= 11 is 0. The molecule has 1 fully saturated rings. The summed E-state index contributed by atoms with van der Waals surface area (Å²) in [6.45, 7) is 1.80. The Kier molecular flexibility index (Phi) is 4.16. The Hall–Kier alpha value is -2.34. The van der Waals surface area contributed by atoms with Crippen LogP contribution in [0.15, 0.2) is 48.7 Å². The van der Waals surface area contributed by atoms with E-state index in [1.54, 1.807) is 6.20 Å². The minimum Gasteiger partial charge on any atom is -0.351 e. The maximum atomic E-state index is 9.32. The van der Waals surface area contributed by atoms with Crippen molar-refractivity contribution in [3.8, 4) is 6.07 Å². The zero-order valence-corrected chi connectivity index (χ0v) is 12.1. The Balaban J connectivity index is 1.86. The standard InChI is InChI=1S/C18H19N3/c19-12-17-10-5-11-20-18(17)21(14-16-8-4-9-16)13-15-6-2-1-3-7-15/h1-3,5-7,10-11,16H,4,8-9,13-14H2. The normalized spacial score (nSPS) is 14.2. The van der Waals surface area contributed by atoms with Crippen LogP contribution in [0.2, 0.25) is 0 Å². The van der Waals surface area contributed by atoms with Crippen molar-refractivity contribution in [1.29, 1.82) is 5.26 Å². The summed E-state index contributed by atoms with van der Waals surface area (Å²) in [7, 11) is 0. The maximum absolute atomic E-state index is 9.32. The van der Waals surface area contributed by atoms with Crippen LogP contribution in [0.5, 0.6) is 0 Å². The van der Waals surface area contributed by atoms with E-state index < -0.39 is 0 Å². The van der Waals surface area contributed by atoms with Gasteiger partial charge in [-0.3, -0.25) is 0 Å².